The molecule has 0 spiro atoms. The highest BCUT2D eigenvalue weighted by Gasteiger charge is 2.34. The minimum Gasteiger partial charge on any atom is -0.379 e. The van der Waals surface area contributed by atoms with E-state index >= 15 is 0 Å². The van der Waals surface area contributed by atoms with E-state index < -0.39 is 0 Å². The normalized spacial score (nSPS) is 21.1. The monoisotopic (exact) mass is 432 g/mol. The molecule has 0 aromatic carbocycles. The number of rotatable bonds is 8. The highest BCUT2D eigenvalue weighted by Crippen LogP contribution is 2.37. The topological polar surface area (TPSA) is 66.7 Å². The average Bonchev–Trinajstić information content (AvgIpc) is 2.99. The first-order valence-electron chi connectivity index (χ1n) is 12.3. The Kier molecular flexibility index (Phi) is 8.78. The van der Waals surface area contributed by atoms with Crippen LogP contribution >= 0.6 is 0 Å². The predicted molar refractivity (Wildman–Crippen MR) is 128 cm³/mol. The summed E-state index contributed by atoms with van der Waals surface area (Å²) in [5, 5.41) is 11.7. The molecule has 3 rings (SSSR count). The predicted octanol–water partition coefficient (Wildman–Crippen LogP) is 2.81. The molecule has 7 nitrogen and oxygen atoms in total. The van der Waals surface area contributed by atoms with Crippen molar-refractivity contribution < 1.29 is 4.74 Å². The van der Waals surface area contributed by atoms with Gasteiger partial charge in [0.15, 0.2) is 5.96 Å². The molecule has 0 radical (unpaired) electrons. The summed E-state index contributed by atoms with van der Waals surface area (Å²) in [6.07, 6.45) is 7.57. The van der Waals surface area contributed by atoms with E-state index in [1.165, 1.54) is 43.4 Å². The molecule has 2 aliphatic rings. The fourth-order valence-electron chi connectivity index (χ4n) is 5.17. The van der Waals surface area contributed by atoms with E-state index in [-0.39, 0.29) is 0 Å². The molecule has 1 aromatic heterocycles. The lowest BCUT2D eigenvalue weighted by atomic mass is 9.73. The van der Waals surface area contributed by atoms with Gasteiger partial charge < -0.3 is 15.4 Å². The number of aromatic nitrogens is 2. The number of aryl methyl sites for hydroxylation is 2. The van der Waals surface area contributed by atoms with Crippen molar-refractivity contribution in [3.8, 4) is 0 Å². The molecule has 1 aliphatic heterocycles. The summed E-state index contributed by atoms with van der Waals surface area (Å²) in [7, 11) is 2.02. The first-order chi connectivity index (χ1) is 14.9. The van der Waals surface area contributed by atoms with Crippen molar-refractivity contribution in [2.24, 2.45) is 17.5 Å². The van der Waals surface area contributed by atoms with Crippen LogP contribution in [0.3, 0.4) is 0 Å². The second-order valence-corrected chi connectivity index (χ2v) is 9.67. The van der Waals surface area contributed by atoms with E-state index in [1.54, 1.807) is 0 Å². The molecule has 1 saturated carbocycles. The summed E-state index contributed by atoms with van der Waals surface area (Å²) in [5.41, 5.74) is 4.02. The molecule has 0 bridgehead atoms. The minimum absolute atomic E-state index is 0.293. The van der Waals surface area contributed by atoms with Crippen molar-refractivity contribution in [3.05, 3.63) is 17.0 Å². The fourth-order valence-corrected chi connectivity index (χ4v) is 5.17. The third-order valence-electron chi connectivity index (χ3n) is 7.05. The van der Waals surface area contributed by atoms with Gasteiger partial charge in [-0.2, -0.15) is 5.10 Å². The van der Waals surface area contributed by atoms with Crippen LogP contribution in [-0.4, -0.2) is 72.6 Å². The minimum atomic E-state index is 0.293. The average molecular weight is 433 g/mol. The van der Waals surface area contributed by atoms with Gasteiger partial charge in [-0.1, -0.05) is 19.3 Å². The van der Waals surface area contributed by atoms with E-state index in [0.717, 1.165) is 64.0 Å². The van der Waals surface area contributed by atoms with Gasteiger partial charge in [-0.3, -0.25) is 14.6 Å². The van der Waals surface area contributed by atoms with Gasteiger partial charge in [0, 0.05) is 56.9 Å². The van der Waals surface area contributed by atoms with Crippen LogP contribution in [0.2, 0.25) is 0 Å². The Labute approximate surface area is 189 Å². The van der Waals surface area contributed by atoms with Crippen molar-refractivity contribution in [1.82, 2.24) is 25.3 Å². The van der Waals surface area contributed by atoms with Gasteiger partial charge in [0.05, 0.1) is 18.9 Å². The molecule has 7 heteroatoms. The molecule has 1 atom stereocenters. The number of nitrogens with one attached hydrogen (secondary N) is 2. The van der Waals surface area contributed by atoms with Gasteiger partial charge in [-0.25, -0.2) is 0 Å². The molecule has 1 aromatic rings. The second kappa shape index (κ2) is 11.3. The van der Waals surface area contributed by atoms with Gasteiger partial charge in [0.1, 0.15) is 0 Å². The third kappa shape index (κ3) is 6.69. The molecule has 31 heavy (non-hydrogen) atoms. The largest absolute Gasteiger partial charge is 0.379 e. The van der Waals surface area contributed by atoms with Crippen LogP contribution in [0.15, 0.2) is 4.99 Å². The van der Waals surface area contributed by atoms with Gasteiger partial charge in [-0.05, 0) is 52.5 Å². The molecular formula is C24H44N6O. The van der Waals surface area contributed by atoms with Crippen molar-refractivity contribution in [2.45, 2.75) is 72.3 Å². The van der Waals surface area contributed by atoms with E-state index in [9.17, 15) is 0 Å². The molecule has 1 aliphatic carbocycles. The van der Waals surface area contributed by atoms with Gasteiger partial charge in [-0.15, -0.1) is 0 Å². The van der Waals surface area contributed by atoms with Crippen molar-refractivity contribution in [1.29, 1.82) is 0 Å². The van der Waals surface area contributed by atoms with Gasteiger partial charge in [0.2, 0.25) is 0 Å². The Balaban J connectivity index is 1.65. The maximum absolute atomic E-state index is 5.57. The van der Waals surface area contributed by atoms with Crippen LogP contribution in [0, 0.1) is 19.3 Å². The Morgan fingerprint density at radius 1 is 1.19 bits per heavy atom. The highest BCUT2D eigenvalue weighted by molar-refractivity contribution is 5.80. The fraction of sp³-hybridized carbons (Fsp3) is 0.833. The number of morpholine rings is 1. The zero-order chi connectivity index (χ0) is 22.3. The standard InChI is InChI=1S/C24H44N6O/c1-6-25-23(27-19(2)16-22-20(3)28-29(5)21(22)4)26-17-24(10-8-7-9-11-24)18-30-12-14-31-15-13-30/h19H,6-18H2,1-5H3,(H2,25,26,27). The van der Waals surface area contributed by atoms with Crippen LogP contribution in [0.1, 0.15) is 62.9 Å². The molecule has 2 fully saturated rings. The first-order valence-corrected chi connectivity index (χ1v) is 12.3. The number of nitrogens with zero attached hydrogens (tertiary/aromatic N) is 4. The Hall–Kier alpha value is -1.60. The van der Waals surface area contributed by atoms with Crippen LogP contribution in [0.4, 0.5) is 0 Å². The van der Waals surface area contributed by atoms with Crippen molar-refractivity contribution >= 4 is 5.96 Å². The zero-order valence-electron chi connectivity index (χ0n) is 20.5. The molecular weight excluding hydrogens is 388 g/mol. The third-order valence-corrected chi connectivity index (χ3v) is 7.05. The molecule has 2 heterocycles. The molecule has 176 valence electrons. The number of hydrogen-bond donors (Lipinski definition) is 2. The van der Waals surface area contributed by atoms with Crippen molar-refractivity contribution in [2.75, 3.05) is 45.9 Å². The quantitative estimate of drug-likeness (QED) is 0.488. The zero-order valence-corrected chi connectivity index (χ0v) is 20.5. The SMILES string of the molecule is CCNC(=NCC1(CN2CCOCC2)CCCCC1)NC(C)Cc1c(C)nn(C)c1C. The molecule has 2 N–H and O–H groups in total. The summed E-state index contributed by atoms with van der Waals surface area (Å²) < 4.78 is 7.55. The van der Waals surface area contributed by atoms with E-state index in [0.29, 0.717) is 11.5 Å². The lowest BCUT2D eigenvalue weighted by molar-refractivity contribution is 0.00937. The molecule has 0 amide bonds. The van der Waals surface area contributed by atoms with Gasteiger partial charge >= 0.3 is 0 Å². The Morgan fingerprint density at radius 3 is 2.52 bits per heavy atom. The molecule has 1 saturated heterocycles. The van der Waals surface area contributed by atoms with E-state index in [1.807, 2.05) is 11.7 Å². The van der Waals surface area contributed by atoms with Crippen LogP contribution in [0.25, 0.3) is 0 Å². The Morgan fingerprint density at radius 2 is 1.90 bits per heavy atom. The van der Waals surface area contributed by atoms with Crippen LogP contribution in [0.5, 0.6) is 0 Å². The Bertz CT molecular complexity index is 716. The lowest BCUT2D eigenvalue weighted by Gasteiger charge is -2.41. The van der Waals surface area contributed by atoms with Crippen molar-refractivity contribution in [3.63, 3.8) is 0 Å². The summed E-state index contributed by atoms with van der Waals surface area (Å²) in [4.78, 5) is 7.72. The number of ether oxygens (including phenoxy) is 1. The van der Waals surface area contributed by atoms with E-state index in [2.05, 4.69) is 48.3 Å². The van der Waals surface area contributed by atoms with Crippen LogP contribution < -0.4 is 10.6 Å². The second-order valence-electron chi connectivity index (χ2n) is 9.67. The summed E-state index contributed by atoms with van der Waals surface area (Å²) in [6, 6.07) is 0.293. The maximum Gasteiger partial charge on any atom is 0.191 e. The van der Waals surface area contributed by atoms with Gasteiger partial charge in [0.25, 0.3) is 0 Å². The lowest BCUT2D eigenvalue weighted by Crippen LogP contribution is -2.47. The first kappa shape index (κ1) is 24.1. The summed E-state index contributed by atoms with van der Waals surface area (Å²) >= 11 is 0. The van der Waals surface area contributed by atoms with Crippen LogP contribution in [-0.2, 0) is 18.2 Å². The summed E-state index contributed by atoms with van der Waals surface area (Å²) in [6.45, 7) is 15.4. The number of guanidine groups is 1. The smallest absolute Gasteiger partial charge is 0.191 e. The summed E-state index contributed by atoms with van der Waals surface area (Å²) in [5.74, 6) is 0.945. The number of hydrogen-bond acceptors (Lipinski definition) is 4. The maximum atomic E-state index is 5.57. The molecule has 1 unspecified atom stereocenters. The number of aliphatic imine (C=N–C) groups is 1. The van der Waals surface area contributed by atoms with E-state index in [4.69, 9.17) is 9.73 Å². The highest BCUT2D eigenvalue weighted by atomic mass is 16.5.